The van der Waals surface area contributed by atoms with Gasteiger partial charge in [-0.25, -0.2) is 4.39 Å². The summed E-state index contributed by atoms with van der Waals surface area (Å²) >= 11 is 0. The molecule has 0 aliphatic heterocycles. The van der Waals surface area contributed by atoms with E-state index in [9.17, 15) is 9.50 Å². The first-order valence-corrected chi connectivity index (χ1v) is 4.73. The van der Waals surface area contributed by atoms with E-state index in [-0.39, 0.29) is 12.2 Å². The van der Waals surface area contributed by atoms with Gasteiger partial charge in [-0.15, -0.1) is 0 Å². The number of aryl methyl sites for hydroxylation is 1. The van der Waals surface area contributed by atoms with Crippen LogP contribution in [0.1, 0.15) is 25.0 Å². The van der Waals surface area contributed by atoms with Crippen LogP contribution in [0.15, 0.2) is 12.1 Å². The zero-order chi connectivity index (χ0) is 10.7. The average Bonchev–Trinajstić information content (AvgIpc) is 2.11. The molecule has 0 fully saturated rings. The largest absolute Gasteiger partial charge is 0.505 e. The van der Waals surface area contributed by atoms with Crippen LogP contribution in [0, 0.1) is 5.82 Å². The van der Waals surface area contributed by atoms with E-state index in [0.29, 0.717) is 12.0 Å². The minimum atomic E-state index is -0.611. The second-order valence-corrected chi connectivity index (χ2v) is 3.49. The molecule has 1 atom stereocenters. The highest BCUT2D eigenvalue weighted by molar-refractivity contribution is 5.38. The van der Waals surface area contributed by atoms with Crippen LogP contribution >= 0.6 is 0 Å². The minimum absolute atomic E-state index is 0.274. The Kier molecular flexibility index (Phi) is 3.47. The van der Waals surface area contributed by atoms with E-state index in [0.717, 1.165) is 5.56 Å². The predicted octanol–water partition coefficient (Wildman–Crippen LogP) is 2.02. The topological polar surface area (TPSA) is 40.5 Å². The molecule has 1 unspecified atom stereocenters. The van der Waals surface area contributed by atoms with Crippen molar-refractivity contribution in [3.8, 4) is 5.75 Å². The van der Waals surface area contributed by atoms with Crippen molar-refractivity contribution in [3.63, 3.8) is 0 Å². The van der Waals surface area contributed by atoms with E-state index < -0.39 is 11.9 Å². The smallest absolute Gasteiger partial charge is 0.165 e. The first kappa shape index (κ1) is 11.0. The van der Waals surface area contributed by atoms with Gasteiger partial charge in [0.1, 0.15) is 0 Å². The van der Waals surface area contributed by atoms with Crippen LogP contribution in [0.2, 0.25) is 0 Å². The van der Waals surface area contributed by atoms with Crippen LogP contribution in [0.5, 0.6) is 5.75 Å². The molecule has 0 aromatic heterocycles. The Morgan fingerprint density at radius 2 is 2.07 bits per heavy atom. The number of aliphatic hydroxyl groups excluding tert-OH is 1. The van der Waals surface area contributed by atoms with Gasteiger partial charge in [-0.2, -0.15) is 0 Å². The molecule has 0 amide bonds. The Morgan fingerprint density at radius 3 is 2.57 bits per heavy atom. The van der Waals surface area contributed by atoms with Gasteiger partial charge in [-0.1, -0.05) is 13.0 Å². The number of hydrogen-bond donors (Lipinski definition) is 2. The van der Waals surface area contributed by atoms with Crippen molar-refractivity contribution >= 4 is 0 Å². The van der Waals surface area contributed by atoms with Crippen molar-refractivity contribution in [1.29, 1.82) is 0 Å². The van der Waals surface area contributed by atoms with E-state index in [4.69, 9.17) is 5.11 Å². The van der Waals surface area contributed by atoms with E-state index in [1.807, 2.05) is 6.92 Å². The summed E-state index contributed by atoms with van der Waals surface area (Å²) in [6.45, 7) is 3.52. The molecule has 0 radical (unpaired) electrons. The summed E-state index contributed by atoms with van der Waals surface area (Å²) in [5, 5.41) is 18.5. The lowest BCUT2D eigenvalue weighted by molar-refractivity contribution is 0.194. The second-order valence-electron chi connectivity index (χ2n) is 3.49. The number of aromatic hydroxyl groups is 1. The van der Waals surface area contributed by atoms with Crippen molar-refractivity contribution in [2.45, 2.75) is 32.8 Å². The normalized spacial score (nSPS) is 12.9. The quantitative estimate of drug-likeness (QED) is 0.780. The van der Waals surface area contributed by atoms with Crippen LogP contribution in [-0.4, -0.2) is 16.3 Å². The molecule has 0 bridgehead atoms. The van der Waals surface area contributed by atoms with Crippen molar-refractivity contribution in [2.24, 2.45) is 0 Å². The molecule has 1 aromatic rings. The zero-order valence-corrected chi connectivity index (χ0v) is 8.42. The number of benzene rings is 1. The molecule has 0 heterocycles. The first-order valence-electron chi connectivity index (χ1n) is 4.73. The van der Waals surface area contributed by atoms with Gasteiger partial charge >= 0.3 is 0 Å². The molecule has 0 saturated carbocycles. The SMILES string of the molecule is CCc1cc(F)c(O)c(CC(C)O)c1. The maximum absolute atomic E-state index is 13.1. The molecular weight excluding hydrogens is 183 g/mol. The van der Waals surface area contributed by atoms with Crippen molar-refractivity contribution < 1.29 is 14.6 Å². The van der Waals surface area contributed by atoms with Crippen LogP contribution in [0.25, 0.3) is 0 Å². The lowest BCUT2D eigenvalue weighted by Gasteiger charge is -2.09. The van der Waals surface area contributed by atoms with Gasteiger partial charge in [0.15, 0.2) is 11.6 Å². The third kappa shape index (κ3) is 2.45. The molecule has 0 aliphatic rings. The third-order valence-electron chi connectivity index (χ3n) is 2.13. The summed E-state index contributed by atoms with van der Waals surface area (Å²) in [5.74, 6) is -0.955. The maximum atomic E-state index is 13.1. The first-order chi connectivity index (χ1) is 6.54. The van der Waals surface area contributed by atoms with Gasteiger partial charge in [0.05, 0.1) is 6.10 Å². The molecule has 0 aliphatic carbocycles. The highest BCUT2D eigenvalue weighted by atomic mass is 19.1. The molecule has 1 aromatic carbocycles. The fraction of sp³-hybridized carbons (Fsp3) is 0.455. The number of hydrogen-bond acceptors (Lipinski definition) is 2. The van der Waals surface area contributed by atoms with Gasteiger partial charge in [-0.05, 0) is 30.5 Å². The third-order valence-corrected chi connectivity index (χ3v) is 2.13. The summed E-state index contributed by atoms with van der Waals surface area (Å²) in [4.78, 5) is 0. The number of phenolic OH excluding ortho intramolecular Hbond substituents is 1. The van der Waals surface area contributed by atoms with Gasteiger partial charge in [0.25, 0.3) is 0 Å². The Morgan fingerprint density at radius 1 is 1.43 bits per heavy atom. The molecule has 2 N–H and O–H groups in total. The summed E-state index contributed by atoms with van der Waals surface area (Å²) in [5.41, 5.74) is 1.30. The zero-order valence-electron chi connectivity index (χ0n) is 8.42. The molecule has 78 valence electrons. The number of halogens is 1. The van der Waals surface area contributed by atoms with Crippen LogP contribution < -0.4 is 0 Å². The van der Waals surface area contributed by atoms with Gasteiger partial charge in [0.2, 0.25) is 0 Å². The molecule has 0 saturated heterocycles. The van der Waals surface area contributed by atoms with E-state index >= 15 is 0 Å². The van der Waals surface area contributed by atoms with Crippen LogP contribution in [0.4, 0.5) is 4.39 Å². The lowest BCUT2D eigenvalue weighted by atomic mass is 10.0. The molecule has 14 heavy (non-hydrogen) atoms. The number of aliphatic hydroxyl groups is 1. The van der Waals surface area contributed by atoms with Crippen molar-refractivity contribution in [1.82, 2.24) is 0 Å². The fourth-order valence-electron chi connectivity index (χ4n) is 1.40. The Labute approximate surface area is 83.0 Å². The Balaban J connectivity index is 3.07. The lowest BCUT2D eigenvalue weighted by Crippen LogP contribution is -2.05. The molecule has 3 heteroatoms. The van der Waals surface area contributed by atoms with Gasteiger partial charge in [-0.3, -0.25) is 0 Å². The summed E-state index contributed by atoms with van der Waals surface area (Å²) in [6, 6.07) is 3.05. The van der Waals surface area contributed by atoms with E-state index in [1.54, 1.807) is 13.0 Å². The molecular formula is C11H15FO2. The fourth-order valence-corrected chi connectivity index (χ4v) is 1.40. The standard InChI is InChI=1S/C11H15FO2/c1-3-8-5-9(4-7(2)13)11(14)10(12)6-8/h5-7,13-14H,3-4H2,1-2H3. The second kappa shape index (κ2) is 4.42. The van der Waals surface area contributed by atoms with Crippen molar-refractivity contribution in [2.75, 3.05) is 0 Å². The summed E-state index contributed by atoms with van der Waals surface area (Å²) in [6.07, 6.45) is 0.410. The number of rotatable bonds is 3. The van der Waals surface area contributed by atoms with E-state index in [2.05, 4.69) is 0 Å². The Hall–Kier alpha value is -1.09. The summed E-state index contributed by atoms with van der Waals surface area (Å²) < 4.78 is 13.1. The Bertz CT molecular complexity index is 321. The van der Waals surface area contributed by atoms with Crippen LogP contribution in [-0.2, 0) is 12.8 Å². The monoisotopic (exact) mass is 198 g/mol. The number of phenols is 1. The minimum Gasteiger partial charge on any atom is -0.505 e. The highest BCUT2D eigenvalue weighted by Crippen LogP contribution is 2.24. The summed E-state index contributed by atoms with van der Waals surface area (Å²) in [7, 11) is 0. The van der Waals surface area contributed by atoms with Gasteiger partial charge < -0.3 is 10.2 Å². The molecule has 1 rings (SSSR count). The highest BCUT2D eigenvalue weighted by Gasteiger charge is 2.10. The molecule has 0 spiro atoms. The van der Waals surface area contributed by atoms with Crippen LogP contribution in [0.3, 0.4) is 0 Å². The molecule has 2 nitrogen and oxygen atoms in total. The predicted molar refractivity (Wildman–Crippen MR) is 52.8 cm³/mol. The van der Waals surface area contributed by atoms with E-state index in [1.165, 1.54) is 6.07 Å². The van der Waals surface area contributed by atoms with Crippen molar-refractivity contribution in [3.05, 3.63) is 29.1 Å². The maximum Gasteiger partial charge on any atom is 0.165 e. The van der Waals surface area contributed by atoms with Gasteiger partial charge in [0, 0.05) is 6.42 Å². The average molecular weight is 198 g/mol.